The second-order valence-electron chi connectivity index (χ2n) is 5.32. The first-order valence-corrected chi connectivity index (χ1v) is 7.05. The number of rotatable bonds is 4. The molecule has 22 heavy (non-hydrogen) atoms. The number of amides is 1. The van der Waals surface area contributed by atoms with E-state index in [0.29, 0.717) is 37.3 Å². The first-order chi connectivity index (χ1) is 10.6. The Hall–Kier alpha value is -2.51. The van der Waals surface area contributed by atoms with Crippen LogP contribution in [0.2, 0.25) is 0 Å². The van der Waals surface area contributed by atoms with E-state index in [1.54, 1.807) is 11.1 Å². The van der Waals surface area contributed by atoms with Gasteiger partial charge in [-0.2, -0.15) is 0 Å². The molecule has 1 aliphatic heterocycles. The molecule has 1 saturated heterocycles. The first kappa shape index (κ1) is 14.4. The highest BCUT2D eigenvalue weighted by molar-refractivity contribution is 5.76. The van der Waals surface area contributed by atoms with E-state index < -0.39 is 11.6 Å². The number of nitrogens with one attached hydrogen (secondary N) is 1. The lowest BCUT2D eigenvalue weighted by atomic mass is 10.1. The Bertz CT molecular complexity index is 727. The number of carbonyl (C=O) groups excluding carboxylic acids is 1. The van der Waals surface area contributed by atoms with Crippen LogP contribution in [0, 0.1) is 5.82 Å². The highest BCUT2D eigenvalue weighted by Gasteiger charge is 2.29. The van der Waals surface area contributed by atoms with Crippen LogP contribution in [0.4, 0.5) is 4.39 Å². The van der Waals surface area contributed by atoms with Crippen LogP contribution >= 0.6 is 0 Å². The van der Waals surface area contributed by atoms with Gasteiger partial charge in [0.15, 0.2) is 5.82 Å². The van der Waals surface area contributed by atoms with Crippen molar-refractivity contribution in [2.75, 3.05) is 13.1 Å². The average molecular weight is 306 g/mol. The fraction of sp³-hybridized carbons (Fsp3) is 0.429. The maximum absolute atomic E-state index is 13.0. The standard InChI is InChI=1S/C14H15FN4O3/c15-11-5-9(6-16-7-11)1-2-12(20)19-4-3-10(8-19)13-17-14(21)22-18-13/h5-7,10H,1-4,8H2,(H,17,18,21). The third-order valence-electron chi connectivity index (χ3n) is 3.77. The minimum Gasteiger partial charge on any atom is -0.342 e. The molecule has 2 aromatic rings. The number of hydrogen-bond acceptors (Lipinski definition) is 5. The molecule has 1 unspecified atom stereocenters. The molecule has 2 aromatic heterocycles. The normalized spacial score (nSPS) is 17.9. The molecule has 0 aromatic carbocycles. The van der Waals surface area contributed by atoms with E-state index in [1.807, 2.05) is 0 Å². The summed E-state index contributed by atoms with van der Waals surface area (Å²) in [6.07, 6.45) is 4.17. The van der Waals surface area contributed by atoms with Crippen molar-refractivity contribution in [3.05, 3.63) is 46.2 Å². The molecule has 8 heteroatoms. The molecular weight excluding hydrogens is 291 g/mol. The second-order valence-corrected chi connectivity index (χ2v) is 5.32. The minimum absolute atomic E-state index is 0.00222. The molecule has 1 aliphatic rings. The Labute approximate surface area is 125 Å². The maximum atomic E-state index is 13.0. The molecule has 0 bridgehead atoms. The van der Waals surface area contributed by atoms with Gasteiger partial charge < -0.3 is 4.90 Å². The van der Waals surface area contributed by atoms with Gasteiger partial charge in [-0.05, 0) is 24.5 Å². The summed E-state index contributed by atoms with van der Waals surface area (Å²) in [5, 5.41) is 3.66. The van der Waals surface area contributed by atoms with Gasteiger partial charge in [-0.1, -0.05) is 5.16 Å². The lowest BCUT2D eigenvalue weighted by Gasteiger charge is -2.15. The lowest BCUT2D eigenvalue weighted by molar-refractivity contribution is -0.130. The number of H-pyrrole nitrogens is 1. The van der Waals surface area contributed by atoms with Crippen molar-refractivity contribution in [2.24, 2.45) is 0 Å². The number of aromatic nitrogens is 3. The maximum Gasteiger partial charge on any atom is 0.438 e. The summed E-state index contributed by atoms with van der Waals surface area (Å²) >= 11 is 0. The fourth-order valence-electron chi connectivity index (χ4n) is 2.63. The molecule has 7 nitrogen and oxygen atoms in total. The predicted molar refractivity (Wildman–Crippen MR) is 73.6 cm³/mol. The molecule has 0 saturated carbocycles. The van der Waals surface area contributed by atoms with E-state index >= 15 is 0 Å². The van der Waals surface area contributed by atoms with E-state index in [-0.39, 0.29) is 11.8 Å². The largest absolute Gasteiger partial charge is 0.438 e. The summed E-state index contributed by atoms with van der Waals surface area (Å²) in [5.41, 5.74) is 0.699. The molecule has 0 spiro atoms. The number of hydrogen-bond donors (Lipinski definition) is 1. The van der Waals surface area contributed by atoms with E-state index in [2.05, 4.69) is 19.6 Å². The van der Waals surface area contributed by atoms with Crippen LogP contribution in [0.25, 0.3) is 0 Å². The Balaban J connectivity index is 1.54. The van der Waals surface area contributed by atoms with Gasteiger partial charge in [0, 0.05) is 31.6 Å². The predicted octanol–water partition coefficient (Wildman–Crippen LogP) is 0.846. The van der Waals surface area contributed by atoms with Crippen LogP contribution in [0.5, 0.6) is 0 Å². The molecule has 1 amide bonds. The number of pyridine rings is 1. The molecular formula is C14H15FN4O3. The number of aromatic amines is 1. The third kappa shape index (κ3) is 3.21. The Morgan fingerprint density at radius 3 is 3.09 bits per heavy atom. The van der Waals surface area contributed by atoms with Crippen molar-refractivity contribution in [3.8, 4) is 0 Å². The third-order valence-corrected chi connectivity index (χ3v) is 3.77. The summed E-state index contributed by atoms with van der Waals surface area (Å²) in [6, 6.07) is 1.38. The number of likely N-dealkylation sites (tertiary alicyclic amines) is 1. The van der Waals surface area contributed by atoms with Crippen molar-refractivity contribution >= 4 is 5.91 Å². The van der Waals surface area contributed by atoms with Gasteiger partial charge in [-0.15, -0.1) is 0 Å². The van der Waals surface area contributed by atoms with Crippen molar-refractivity contribution in [1.82, 2.24) is 20.0 Å². The number of nitrogens with zero attached hydrogens (tertiary/aromatic N) is 3. The van der Waals surface area contributed by atoms with Crippen LogP contribution in [0.3, 0.4) is 0 Å². The van der Waals surface area contributed by atoms with Gasteiger partial charge in [-0.3, -0.25) is 19.3 Å². The Morgan fingerprint density at radius 2 is 2.36 bits per heavy atom. The zero-order valence-corrected chi connectivity index (χ0v) is 11.8. The van der Waals surface area contributed by atoms with Gasteiger partial charge in [0.05, 0.1) is 6.20 Å². The molecule has 0 radical (unpaired) electrons. The molecule has 116 valence electrons. The van der Waals surface area contributed by atoms with Gasteiger partial charge in [0.25, 0.3) is 0 Å². The van der Waals surface area contributed by atoms with Gasteiger partial charge in [0.2, 0.25) is 5.91 Å². The van der Waals surface area contributed by atoms with Crippen molar-refractivity contribution in [2.45, 2.75) is 25.2 Å². The summed E-state index contributed by atoms with van der Waals surface area (Å²) < 4.78 is 17.5. The number of carbonyl (C=O) groups is 1. The monoisotopic (exact) mass is 306 g/mol. The van der Waals surface area contributed by atoms with Gasteiger partial charge in [0.1, 0.15) is 5.82 Å². The molecule has 1 N–H and O–H groups in total. The lowest BCUT2D eigenvalue weighted by Crippen LogP contribution is -2.28. The molecule has 3 rings (SSSR count). The highest BCUT2D eigenvalue weighted by atomic mass is 19.1. The van der Waals surface area contributed by atoms with E-state index in [4.69, 9.17) is 0 Å². The van der Waals surface area contributed by atoms with Gasteiger partial charge >= 0.3 is 5.76 Å². The van der Waals surface area contributed by atoms with Crippen LogP contribution in [0.1, 0.15) is 30.1 Å². The zero-order valence-electron chi connectivity index (χ0n) is 11.8. The van der Waals surface area contributed by atoms with Crippen LogP contribution in [0.15, 0.2) is 27.8 Å². The summed E-state index contributed by atoms with van der Waals surface area (Å²) in [5.74, 6) is -0.516. The summed E-state index contributed by atoms with van der Waals surface area (Å²) in [7, 11) is 0. The quantitative estimate of drug-likeness (QED) is 0.904. The Kier molecular flexibility index (Phi) is 3.99. The minimum atomic E-state index is -0.585. The summed E-state index contributed by atoms with van der Waals surface area (Å²) in [6.45, 7) is 1.11. The van der Waals surface area contributed by atoms with E-state index in [9.17, 15) is 14.0 Å². The molecule has 1 fully saturated rings. The first-order valence-electron chi connectivity index (χ1n) is 7.05. The van der Waals surface area contributed by atoms with Crippen molar-refractivity contribution in [1.29, 1.82) is 0 Å². The van der Waals surface area contributed by atoms with E-state index in [0.717, 1.165) is 12.6 Å². The van der Waals surface area contributed by atoms with E-state index in [1.165, 1.54) is 6.07 Å². The SMILES string of the molecule is O=C(CCc1cncc(F)c1)N1CCC(c2noc(=O)[nH]2)C1. The Morgan fingerprint density at radius 1 is 1.50 bits per heavy atom. The van der Waals surface area contributed by atoms with Crippen LogP contribution < -0.4 is 5.76 Å². The topological polar surface area (TPSA) is 92.1 Å². The van der Waals surface area contributed by atoms with Crippen LogP contribution in [-0.2, 0) is 11.2 Å². The smallest absolute Gasteiger partial charge is 0.342 e. The fourth-order valence-corrected chi connectivity index (χ4v) is 2.63. The van der Waals surface area contributed by atoms with Crippen LogP contribution in [-0.4, -0.2) is 39.0 Å². The zero-order chi connectivity index (χ0) is 15.5. The summed E-state index contributed by atoms with van der Waals surface area (Å²) in [4.78, 5) is 31.1. The molecule has 3 heterocycles. The highest BCUT2D eigenvalue weighted by Crippen LogP contribution is 2.24. The molecule has 1 atom stereocenters. The average Bonchev–Trinajstić information content (AvgIpc) is 3.13. The number of aryl methyl sites for hydroxylation is 1. The second kappa shape index (κ2) is 6.08. The molecule has 0 aliphatic carbocycles. The van der Waals surface area contributed by atoms with Crippen molar-refractivity contribution in [3.63, 3.8) is 0 Å². The number of halogens is 1. The van der Waals surface area contributed by atoms with Crippen molar-refractivity contribution < 1.29 is 13.7 Å². The van der Waals surface area contributed by atoms with Gasteiger partial charge in [-0.25, -0.2) is 9.18 Å².